The Labute approximate surface area is 228 Å². The van der Waals surface area contributed by atoms with Crippen molar-refractivity contribution < 1.29 is 29.6 Å². The monoisotopic (exact) mass is 528 g/mol. The molecule has 6 nitrogen and oxygen atoms in total. The van der Waals surface area contributed by atoms with Gasteiger partial charge in [-0.05, 0) is 62.5 Å². The summed E-state index contributed by atoms with van der Waals surface area (Å²) in [5, 5.41) is 34.1. The Hall–Kier alpha value is -1.76. The van der Waals surface area contributed by atoms with Crippen LogP contribution < -0.4 is 0 Å². The fourth-order valence-corrected chi connectivity index (χ4v) is 8.13. The number of esters is 1. The van der Waals surface area contributed by atoms with E-state index in [9.17, 15) is 24.9 Å². The lowest BCUT2D eigenvalue weighted by Gasteiger charge is -2.50. The normalized spacial score (nSPS) is 39.1. The average Bonchev–Trinajstić information content (AvgIpc) is 3.26. The lowest BCUT2D eigenvalue weighted by Crippen LogP contribution is -2.61. The van der Waals surface area contributed by atoms with E-state index in [0.29, 0.717) is 24.0 Å². The fourth-order valence-electron chi connectivity index (χ4n) is 8.13. The van der Waals surface area contributed by atoms with E-state index in [-0.39, 0.29) is 42.0 Å². The molecule has 0 saturated heterocycles. The van der Waals surface area contributed by atoms with Crippen LogP contribution in [0.3, 0.4) is 0 Å². The van der Waals surface area contributed by atoms with Crippen molar-refractivity contribution in [3.05, 3.63) is 35.5 Å². The first-order chi connectivity index (χ1) is 17.9. The number of aliphatic hydroxyl groups excluding tert-OH is 1. The van der Waals surface area contributed by atoms with Crippen LogP contribution in [0.2, 0.25) is 0 Å². The van der Waals surface area contributed by atoms with E-state index in [4.69, 9.17) is 4.74 Å². The first kappa shape index (κ1) is 29.2. The van der Waals surface area contributed by atoms with Crippen molar-refractivity contribution in [1.82, 2.24) is 0 Å². The number of carbonyl (C=O) groups excluding carboxylic acids is 2. The Bertz CT molecular complexity index is 1020. The Kier molecular flexibility index (Phi) is 8.20. The summed E-state index contributed by atoms with van der Waals surface area (Å²) in [7, 11) is 0. The predicted octanol–water partition coefficient (Wildman–Crippen LogP) is 5.21. The van der Waals surface area contributed by atoms with Gasteiger partial charge in [-0.2, -0.15) is 0 Å². The van der Waals surface area contributed by atoms with Gasteiger partial charge >= 0.3 is 5.97 Å². The highest BCUT2D eigenvalue weighted by Gasteiger charge is 2.83. The number of carbonyl (C=O) groups is 2. The molecule has 3 N–H and O–H groups in total. The molecule has 7 atom stereocenters. The van der Waals surface area contributed by atoms with Crippen molar-refractivity contribution in [2.24, 2.45) is 29.1 Å². The molecule has 0 bridgehead atoms. The summed E-state index contributed by atoms with van der Waals surface area (Å²) in [4.78, 5) is 26.1. The van der Waals surface area contributed by atoms with Gasteiger partial charge in [-0.3, -0.25) is 9.59 Å². The van der Waals surface area contributed by atoms with E-state index in [1.807, 2.05) is 13.0 Å². The van der Waals surface area contributed by atoms with E-state index in [1.165, 1.54) is 19.3 Å². The molecule has 212 valence electrons. The van der Waals surface area contributed by atoms with E-state index in [2.05, 4.69) is 32.9 Å². The van der Waals surface area contributed by atoms with Crippen LogP contribution in [0.25, 0.3) is 0 Å². The number of aliphatic hydroxyl groups is 3. The van der Waals surface area contributed by atoms with Crippen LogP contribution >= 0.6 is 0 Å². The van der Waals surface area contributed by atoms with Gasteiger partial charge in [0.15, 0.2) is 5.78 Å². The molecule has 0 radical (unpaired) electrons. The molecule has 0 aliphatic heterocycles. The third-order valence-corrected chi connectivity index (χ3v) is 10.3. The lowest BCUT2D eigenvalue weighted by molar-refractivity contribution is -0.187. The van der Waals surface area contributed by atoms with E-state index in [0.717, 1.165) is 25.7 Å². The summed E-state index contributed by atoms with van der Waals surface area (Å²) >= 11 is 0. The number of Topliss-reactive ketones (excluding diaryl/α,β-unsaturated/α-hetero) is 1. The number of fused-ring (bicyclic) bond motifs is 5. The van der Waals surface area contributed by atoms with Crippen LogP contribution in [0.15, 0.2) is 35.5 Å². The van der Waals surface area contributed by atoms with Gasteiger partial charge in [-0.25, -0.2) is 0 Å². The number of hydrogen-bond acceptors (Lipinski definition) is 6. The predicted molar refractivity (Wildman–Crippen MR) is 147 cm³/mol. The van der Waals surface area contributed by atoms with Crippen molar-refractivity contribution in [2.75, 3.05) is 6.61 Å². The highest BCUT2D eigenvalue weighted by molar-refractivity contribution is 6.04. The molecule has 6 heteroatoms. The van der Waals surface area contributed by atoms with Gasteiger partial charge in [0.2, 0.25) is 0 Å². The van der Waals surface area contributed by atoms with Crippen LogP contribution in [0, 0.1) is 29.1 Å². The number of rotatable bonds is 11. The Morgan fingerprint density at radius 2 is 1.76 bits per heavy atom. The molecule has 4 aliphatic rings. The van der Waals surface area contributed by atoms with Crippen LogP contribution in [0.1, 0.15) is 98.8 Å². The average molecular weight is 529 g/mol. The minimum atomic E-state index is -1.77. The molecular weight excluding hydrogens is 480 g/mol. The summed E-state index contributed by atoms with van der Waals surface area (Å²) in [5.41, 5.74) is -3.25. The topological polar surface area (TPSA) is 104 Å². The minimum Gasteiger partial charge on any atom is -0.458 e. The van der Waals surface area contributed by atoms with Crippen molar-refractivity contribution in [1.29, 1.82) is 0 Å². The van der Waals surface area contributed by atoms with Crippen LogP contribution in [-0.2, 0) is 14.3 Å². The van der Waals surface area contributed by atoms with E-state index in [1.54, 1.807) is 13.0 Å². The second-order valence-electron chi connectivity index (χ2n) is 13.0. The fraction of sp³-hybridized carbons (Fsp3) is 0.750. The first-order valence-corrected chi connectivity index (χ1v) is 14.7. The smallest absolute Gasteiger partial charge is 0.306 e. The highest BCUT2D eigenvalue weighted by atomic mass is 16.6. The van der Waals surface area contributed by atoms with Gasteiger partial charge in [-0.1, -0.05) is 64.8 Å². The molecule has 0 aromatic carbocycles. The summed E-state index contributed by atoms with van der Waals surface area (Å²) in [5.74, 6) is -2.31. The van der Waals surface area contributed by atoms with Crippen LogP contribution in [0.4, 0.5) is 0 Å². The number of hydrogen-bond donors (Lipinski definition) is 3. The van der Waals surface area contributed by atoms with Gasteiger partial charge in [0.05, 0.1) is 12.2 Å². The summed E-state index contributed by atoms with van der Waals surface area (Å²) in [6, 6.07) is 0. The first-order valence-electron chi connectivity index (χ1n) is 14.7. The van der Waals surface area contributed by atoms with Gasteiger partial charge in [0.25, 0.3) is 0 Å². The van der Waals surface area contributed by atoms with E-state index < -0.39 is 28.6 Å². The van der Waals surface area contributed by atoms with Gasteiger partial charge < -0.3 is 20.1 Å². The lowest BCUT2D eigenvalue weighted by atomic mass is 9.60. The standard InChI is InChI=1S/C32H48O6/c1-6-7-8-9-10-11-12-13-14-15-26(34)38-31-18-22(3)32(37)24(27(31)29(31,4)5)17-23(20-33)19-30(36)25(32)16-21(2)28(30)35/h10-11,16-17,22,24-25,27,33,36-37H,6-9,12-15,18-20H2,1-5H3. The van der Waals surface area contributed by atoms with Crippen molar-refractivity contribution in [3.8, 4) is 0 Å². The highest BCUT2D eigenvalue weighted by Crippen LogP contribution is 2.76. The molecule has 0 aromatic rings. The maximum atomic E-state index is 13.0. The number of ether oxygens (including phenoxy) is 1. The zero-order valence-corrected chi connectivity index (χ0v) is 24.0. The van der Waals surface area contributed by atoms with Crippen LogP contribution in [-0.4, -0.2) is 50.5 Å². The molecular formula is C32H48O6. The SMILES string of the molecule is CCCCCC=CCCCCC(=O)OC12CC(C)C3(O)C(C=C(CO)CC4(O)C(=O)C(C)=CC43)C1C2(C)C. The molecule has 2 fully saturated rings. The molecule has 0 spiro atoms. The molecule has 2 saturated carbocycles. The largest absolute Gasteiger partial charge is 0.458 e. The molecule has 0 heterocycles. The van der Waals surface area contributed by atoms with Crippen molar-refractivity contribution in [2.45, 2.75) is 116 Å². The Morgan fingerprint density at radius 1 is 1.11 bits per heavy atom. The molecule has 0 amide bonds. The molecule has 0 aromatic heterocycles. The Morgan fingerprint density at radius 3 is 2.39 bits per heavy atom. The Balaban J connectivity index is 1.48. The molecule has 38 heavy (non-hydrogen) atoms. The summed E-state index contributed by atoms with van der Waals surface area (Å²) in [6.07, 6.45) is 16.4. The van der Waals surface area contributed by atoms with Gasteiger partial charge in [0, 0.05) is 36.0 Å². The third-order valence-electron chi connectivity index (χ3n) is 10.3. The number of ketones is 1. The number of allylic oxidation sites excluding steroid dienone is 2. The zero-order valence-electron chi connectivity index (χ0n) is 24.0. The van der Waals surface area contributed by atoms with E-state index >= 15 is 0 Å². The second-order valence-corrected chi connectivity index (χ2v) is 13.0. The zero-order chi connectivity index (χ0) is 27.9. The van der Waals surface area contributed by atoms with Crippen LogP contribution in [0.5, 0.6) is 0 Å². The summed E-state index contributed by atoms with van der Waals surface area (Å²) < 4.78 is 6.29. The maximum absolute atomic E-state index is 13.0. The van der Waals surface area contributed by atoms with Crippen molar-refractivity contribution >= 4 is 11.8 Å². The molecule has 4 rings (SSSR count). The van der Waals surface area contributed by atoms with Gasteiger partial charge in [0.1, 0.15) is 11.2 Å². The second kappa shape index (κ2) is 10.7. The number of unbranched alkanes of at least 4 members (excludes halogenated alkanes) is 5. The minimum absolute atomic E-state index is 0.000638. The molecule has 4 aliphatic carbocycles. The quantitative estimate of drug-likeness (QED) is 0.193. The third kappa shape index (κ3) is 4.54. The maximum Gasteiger partial charge on any atom is 0.306 e. The summed E-state index contributed by atoms with van der Waals surface area (Å²) in [6.45, 7) is 9.68. The molecule has 7 unspecified atom stereocenters. The van der Waals surface area contributed by atoms with Crippen molar-refractivity contribution in [3.63, 3.8) is 0 Å². The van der Waals surface area contributed by atoms with Gasteiger partial charge in [-0.15, -0.1) is 0 Å².